The molecule has 2 rings (SSSR count). The van der Waals surface area contributed by atoms with Crippen LogP contribution in [0.1, 0.15) is 26.2 Å². The third kappa shape index (κ3) is 2.73. The maximum atomic E-state index is 8.62. The summed E-state index contributed by atoms with van der Waals surface area (Å²) >= 11 is 0. The number of rotatable bonds is 3. The Balaban J connectivity index is 1.83. The fourth-order valence-electron chi connectivity index (χ4n) is 2.72. The summed E-state index contributed by atoms with van der Waals surface area (Å²) in [5.41, 5.74) is 0. The van der Waals surface area contributed by atoms with Gasteiger partial charge in [-0.3, -0.25) is 0 Å². The predicted molar refractivity (Wildman–Crippen MR) is 59.7 cm³/mol. The highest BCUT2D eigenvalue weighted by Crippen LogP contribution is 2.33. The van der Waals surface area contributed by atoms with E-state index in [2.05, 4.69) is 18.0 Å². The Morgan fingerprint density at radius 1 is 1.56 bits per heavy atom. The molecular formula is C12H20N2O2. The van der Waals surface area contributed by atoms with Crippen molar-refractivity contribution in [3.05, 3.63) is 0 Å². The van der Waals surface area contributed by atoms with Crippen LogP contribution in [0.4, 0.5) is 0 Å². The van der Waals surface area contributed by atoms with Crippen LogP contribution >= 0.6 is 0 Å². The average Bonchev–Trinajstić information content (AvgIpc) is 2.75. The van der Waals surface area contributed by atoms with Gasteiger partial charge in [-0.2, -0.15) is 5.26 Å². The second-order valence-electron chi connectivity index (χ2n) is 5.17. The largest absolute Gasteiger partial charge is 0.347 e. The van der Waals surface area contributed by atoms with Gasteiger partial charge in [0.15, 0.2) is 5.79 Å². The molecule has 0 radical (unpaired) electrons. The number of hydrogen-bond acceptors (Lipinski definition) is 4. The standard InChI is InChI=1S/C12H20N2O2/c1-12(7-10-4-6-14(2)8-10)15-9-11(16-12)3-5-13/h10-11H,3-4,6-9H2,1-2H3. The Bertz CT molecular complexity index is 289. The molecule has 0 aromatic heterocycles. The van der Waals surface area contributed by atoms with E-state index in [0.717, 1.165) is 13.0 Å². The van der Waals surface area contributed by atoms with E-state index in [9.17, 15) is 0 Å². The molecule has 2 aliphatic rings. The number of nitrogens with zero attached hydrogens (tertiary/aromatic N) is 2. The van der Waals surface area contributed by atoms with Crippen LogP contribution in [0.2, 0.25) is 0 Å². The first kappa shape index (κ1) is 11.8. The summed E-state index contributed by atoms with van der Waals surface area (Å²) in [5, 5.41) is 8.62. The van der Waals surface area contributed by atoms with Crippen LogP contribution < -0.4 is 0 Å². The van der Waals surface area contributed by atoms with Crippen molar-refractivity contribution < 1.29 is 9.47 Å². The molecule has 0 bridgehead atoms. The number of hydrogen-bond donors (Lipinski definition) is 0. The predicted octanol–water partition coefficient (Wildman–Crippen LogP) is 1.37. The van der Waals surface area contributed by atoms with Crippen molar-refractivity contribution in [1.82, 2.24) is 4.90 Å². The first-order valence-electron chi connectivity index (χ1n) is 5.98. The fourth-order valence-corrected chi connectivity index (χ4v) is 2.72. The molecule has 0 aromatic carbocycles. The molecular weight excluding hydrogens is 204 g/mol. The lowest BCUT2D eigenvalue weighted by Crippen LogP contribution is -2.30. The van der Waals surface area contributed by atoms with Gasteiger partial charge >= 0.3 is 0 Å². The number of nitriles is 1. The molecule has 0 aromatic rings. The first-order chi connectivity index (χ1) is 7.61. The highest BCUT2D eigenvalue weighted by Gasteiger charge is 2.39. The molecule has 0 N–H and O–H groups in total. The zero-order chi connectivity index (χ0) is 11.6. The van der Waals surface area contributed by atoms with Crippen LogP contribution in [0.5, 0.6) is 0 Å². The lowest BCUT2D eigenvalue weighted by molar-refractivity contribution is -0.164. The first-order valence-corrected chi connectivity index (χ1v) is 5.98. The molecule has 2 saturated heterocycles. The number of ether oxygens (including phenoxy) is 2. The third-order valence-corrected chi connectivity index (χ3v) is 3.46. The van der Waals surface area contributed by atoms with Gasteiger partial charge in [-0.15, -0.1) is 0 Å². The van der Waals surface area contributed by atoms with E-state index < -0.39 is 5.79 Å². The minimum atomic E-state index is -0.461. The van der Waals surface area contributed by atoms with Crippen LogP contribution in [0.3, 0.4) is 0 Å². The van der Waals surface area contributed by atoms with Gasteiger partial charge in [0.25, 0.3) is 0 Å². The number of likely N-dealkylation sites (tertiary alicyclic amines) is 1. The van der Waals surface area contributed by atoms with Crippen molar-refractivity contribution in [2.45, 2.75) is 38.1 Å². The minimum Gasteiger partial charge on any atom is -0.347 e. The van der Waals surface area contributed by atoms with Gasteiger partial charge < -0.3 is 14.4 Å². The van der Waals surface area contributed by atoms with Gasteiger partial charge in [0.2, 0.25) is 0 Å². The molecule has 2 aliphatic heterocycles. The van der Waals surface area contributed by atoms with E-state index in [0.29, 0.717) is 18.9 Å². The van der Waals surface area contributed by atoms with E-state index >= 15 is 0 Å². The molecule has 2 fully saturated rings. The van der Waals surface area contributed by atoms with Crippen molar-refractivity contribution in [2.24, 2.45) is 5.92 Å². The highest BCUT2D eigenvalue weighted by molar-refractivity contribution is 4.86. The average molecular weight is 224 g/mol. The molecule has 0 amide bonds. The highest BCUT2D eigenvalue weighted by atomic mass is 16.7. The van der Waals surface area contributed by atoms with Gasteiger partial charge in [-0.25, -0.2) is 0 Å². The van der Waals surface area contributed by atoms with E-state index in [1.807, 2.05) is 6.92 Å². The summed E-state index contributed by atoms with van der Waals surface area (Å²) in [6.07, 6.45) is 2.57. The lowest BCUT2D eigenvalue weighted by Gasteiger charge is -2.26. The Morgan fingerprint density at radius 2 is 2.38 bits per heavy atom. The van der Waals surface area contributed by atoms with Crippen LogP contribution in [0.25, 0.3) is 0 Å². The third-order valence-electron chi connectivity index (χ3n) is 3.46. The maximum Gasteiger partial charge on any atom is 0.166 e. The van der Waals surface area contributed by atoms with Gasteiger partial charge in [0.05, 0.1) is 25.2 Å². The summed E-state index contributed by atoms with van der Waals surface area (Å²) < 4.78 is 11.5. The van der Waals surface area contributed by atoms with Gasteiger partial charge in [-0.1, -0.05) is 0 Å². The van der Waals surface area contributed by atoms with Crippen LogP contribution in [0, 0.1) is 17.2 Å². The van der Waals surface area contributed by atoms with Gasteiger partial charge in [-0.05, 0) is 32.9 Å². The smallest absolute Gasteiger partial charge is 0.166 e. The van der Waals surface area contributed by atoms with Crippen LogP contribution in [-0.2, 0) is 9.47 Å². The zero-order valence-corrected chi connectivity index (χ0v) is 10.1. The summed E-state index contributed by atoms with van der Waals surface area (Å²) in [5.74, 6) is 0.202. The molecule has 0 saturated carbocycles. The topological polar surface area (TPSA) is 45.5 Å². The molecule has 90 valence electrons. The Morgan fingerprint density at radius 3 is 3.00 bits per heavy atom. The monoisotopic (exact) mass is 224 g/mol. The Labute approximate surface area is 97.1 Å². The van der Waals surface area contributed by atoms with Crippen molar-refractivity contribution in [1.29, 1.82) is 5.26 Å². The zero-order valence-electron chi connectivity index (χ0n) is 10.1. The van der Waals surface area contributed by atoms with Crippen LogP contribution in [-0.4, -0.2) is 43.5 Å². The van der Waals surface area contributed by atoms with E-state index in [1.165, 1.54) is 13.0 Å². The molecule has 16 heavy (non-hydrogen) atoms. The quantitative estimate of drug-likeness (QED) is 0.726. The van der Waals surface area contributed by atoms with E-state index in [-0.39, 0.29) is 6.10 Å². The van der Waals surface area contributed by atoms with Gasteiger partial charge in [0, 0.05) is 13.0 Å². The van der Waals surface area contributed by atoms with E-state index in [4.69, 9.17) is 14.7 Å². The van der Waals surface area contributed by atoms with Crippen molar-refractivity contribution in [3.63, 3.8) is 0 Å². The Kier molecular flexibility index (Phi) is 3.48. The van der Waals surface area contributed by atoms with Crippen LogP contribution in [0.15, 0.2) is 0 Å². The molecule has 2 heterocycles. The summed E-state index contributed by atoms with van der Waals surface area (Å²) in [6.45, 7) is 4.86. The fraction of sp³-hybridized carbons (Fsp3) is 0.917. The lowest BCUT2D eigenvalue weighted by atomic mass is 9.99. The van der Waals surface area contributed by atoms with E-state index in [1.54, 1.807) is 0 Å². The molecule has 4 nitrogen and oxygen atoms in total. The second kappa shape index (κ2) is 4.70. The summed E-state index contributed by atoms with van der Waals surface area (Å²) in [4.78, 5) is 2.34. The van der Waals surface area contributed by atoms with Crippen molar-refractivity contribution in [2.75, 3.05) is 26.7 Å². The summed E-state index contributed by atoms with van der Waals surface area (Å²) in [7, 11) is 2.15. The SMILES string of the molecule is CN1CCC(CC2(C)OCC(CC#N)O2)C1. The molecule has 3 atom stereocenters. The molecule has 4 heteroatoms. The molecule has 0 spiro atoms. The molecule has 0 aliphatic carbocycles. The van der Waals surface area contributed by atoms with Crippen molar-refractivity contribution in [3.8, 4) is 6.07 Å². The maximum absolute atomic E-state index is 8.62. The second-order valence-corrected chi connectivity index (χ2v) is 5.17. The molecule has 3 unspecified atom stereocenters. The summed E-state index contributed by atoms with van der Waals surface area (Å²) in [6, 6.07) is 2.13. The Hall–Kier alpha value is -0.630. The normalized spacial score (nSPS) is 40.1. The van der Waals surface area contributed by atoms with Crippen molar-refractivity contribution >= 4 is 0 Å². The van der Waals surface area contributed by atoms with Gasteiger partial charge in [0.1, 0.15) is 0 Å². The minimum absolute atomic E-state index is 0.0332.